The summed E-state index contributed by atoms with van der Waals surface area (Å²) in [5.74, 6) is -5.05. The van der Waals surface area contributed by atoms with Crippen LogP contribution in [0.15, 0.2) is 18.1 Å². The van der Waals surface area contributed by atoms with Crippen LogP contribution < -0.4 is 0 Å². The Kier molecular flexibility index (Phi) is 34.9. The van der Waals surface area contributed by atoms with E-state index in [2.05, 4.69) is 222 Å². The Hall–Kier alpha value is 1.35. The van der Waals surface area contributed by atoms with E-state index in [4.69, 9.17) is 33.6 Å². The molecular weight excluding hydrogens is 1040 g/mol. The molecule has 0 fully saturated rings. The average Bonchev–Trinajstić information content (AvgIpc) is 3.35. The number of hydrogen-bond donors (Lipinski definition) is 0. The minimum atomic E-state index is -5.05. The molecule has 0 saturated heterocycles. The number of rotatable bonds is 40. The summed E-state index contributed by atoms with van der Waals surface area (Å²) in [6.07, 6.45) is 0. The van der Waals surface area contributed by atoms with Gasteiger partial charge in [0.05, 0.1) is 0 Å². The van der Waals surface area contributed by atoms with Crippen molar-refractivity contribution in [1.29, 1.82) is 0 Å². The molecule has 0 unspecified atom stereocenters. The molecule has 0 radical (unpaired) electrons. The molecule has 424 valence electrons. The second-order valence-corrected chi connectivity index (χ2v) is 36.4. The van der Waals surface area contributed by atoms with Crippen LogP contribution in [-0.4, -0.2) is 213 Å². The molecule has 0 aliphatic heterocycles. The Balaban J connectivity index is 13.0. The molecule has 0 heterocycles. The molecule has 0 aromatic rings. The first-order valence-corrected chi connectivity index (χ1v) is 39.2. The van der Waals surface area contributed by atoms with Gasteiger partial charge < -0.3 is 0 Å². The van der Waals surface area contributed by atoms with Gasteiger partial charge in [-0.3, -0.25) is 0 Å². The van der Waals surface area contributed by atoms with Crippen molar-refractivity contribution in [1.82, 2.24) is 56.0 Å². The maximum absolute atomic E-state index is 7.19. The third-order valence-corrected chi connectivity index (χ3v) is 44.2. The van der Waals surface area contributed by atoms with Gasteiger partial charge in [-0.1, -0.05) is 0 Å². The predicted molar refractivity (Wildman–Crippen MR) is 328 cm³/mol. The Labute approximate surface area is 446 Å². The summed E-state index contributed by atoms with van der Waals surface area (Å²) in [6, 6.07) is 0. The van der Waals surface area contributed by atoms with Crippen LogP contribution in [0.3, 0.4) is 0 Å². The molecule has 22 heteroatoms. The number of hydrogen-bond acceptors (Lipinski definition) is 4. The normalized spacial score (nSPS) is 14.4. The van der Waals surface area contributed by atoms with Gasteiger partial charge in [0.25, 0.3) is 0 Å². The maximum atomic E-state index is 7.19. The van der Waals surface area contributed by atoms with Crippen molar-refractivity contribution >= 4 is 51.4 Å². The molecule has 0 aromatic carbocycles. The molecule has 0 saturated carbocycles. The predicted octanol–water partition coefficient (Wildman–Crippen LogP) is 15.4. The van der Waals surface area contributed by atoms with E-state index in [1.54, 1.807) is 0 Å². The molecule has 0 aromatic heterocycles. The molecule has 0 rings (SSSR count). The first-order valence-electron chi connectivity index (χ1n) is 28.7. The summed E-state index contributed by atoms with van der Waals surface area (Å²) < 4.78 is 61.6. The first-order chi connectivity index (χ1) is 33.4. The summed E-state index contributed by atoms with van der Waals surface area (Å²) in [7, 11) is -11.8. The summed E-state index contributed by atoms with van der Waals surface area (Å²) in [4.78, 5) is 0. The van der Waals surface area contributed by atoms with Crippen LogP contribution in [-0.2, 0) is 0 Å². The van der Waals surface area contributed by atoms with Gasteiger partial charge in [-0.2, -0.15) is 0 Å². The molecule has 0 bridgehead atoms. The van der Waals surface area contributed by atoms with Crippen LogP contribution >= 0.6 is 51.4 Å². The Morgan fingerprint density at radius 3 is 0.329 bits per heavy atom. The van der Waals surface area contributed by atoms with Gasteiger partial charge in [-0.15, -0.1) is 0 Å². The molecule has 0 spiro atoms. The molecule has 0 aliphatic carbocycles. The van der Waals surface area contributed by atoms with E-state index in [1.165, 1.54) is 0 Å². The molecule has 0 N–H and O–H groups in total. The van der Waals surface area contributed by atoms with Crippen LogP contribution in [0.25, 0.3) is 0 Å². The zero-order valence-electron chi connectivity index (χ0n) is 50.7. The van der Waals surface area contributed by atoms with E-state index in [0.717, 1.165) is 157 Å². The Morgan fingerprint density at radius 2 is 0.271 bits per heavy atom. The zero-order valence-corrected chi connectivity index (χ0v) is 56.8. The Bertz CT molecular complexity index is 1240. The number of nitrogens with zero attached hydrogens (tertiary/aromatic N) is 16. The van der Waals surface area contributed by atoms with Crippen molar-refractivity contribution in [3.05, 3.63) is 0 Å². The standard InChI is InChI=1S/C48H120BrN16P5/c1-25-54(26-2)66(55(27-3)28-4,56(29-5)30-6)50-70(49,51-67(57(31-7)32-8,58(33-9)34-10)59(35-11)36-12,52-68(60(37-13)38-14,61(39-15)40-16)62(41-17)42-18)53-69(63(43-19)44-20,64(45-21)46-22)65(47-23)48-24/h25-48H2,1-24H3. The fraction of sp³-hybridized carbons (Fsp3) is 1.00. The fourth-order valence-corrected chi connectivity index (χ4v) is 46.1. The van der Waals surface area contributed by atoms with E-state index in [0.29, 0.717) is 0 Å². The summed E-state index contributed by atoms with van der Waals surface area (Å²) in [5.41, 5.74) is 0. The molecule has 0 atom stereocenters. The zero-order chi connectivity index (χ0) is 54.2. The van der Waals surface area contributed by atoms with E-state index in [-0.39, 0.29) is 0 Å². The van der Waals surface area contributed by atoms with Gasteiger partial charge in [0, 0.05) is 0 Å². The third-order valence-electron chi connectivity index (χ3n) is 14.4. The quantitative estimate of drug-likeness (QED) is 0.0548. The van der Waals surface area contributed by atoms with Crippen molar-refractivity contribution in [3.63, 3.8) is 0 Å². The van der Waals surface area contributed by atoms with E-state index in [1.807, 2.05) is 0 Å². The van der Waals surface area contributed by atoms with E-state index >= 15 is 0 Å². The van der Waals surface area contributed by atoms with Crippen molar-refractivity contribution in [2.75, 3.05) is 157 Å². The van der Waals surface area contributed by atoms with Crippen molar-refractivity contribution in [2.24, 2.45) is 18.1 Å². The minimum absolute atomic E-state index is 0.841. The average molecular weight is 1160 g/mol. The topological polar surface area (TPSA) is 88.3 Å². The van der Waals surface area contributed by atoms with Crippen LogP contribution in [0.2, 0.25) is 0 Å². The van der Waals surface area contributed by atoms with Crippen LogP contribution in [0.4, 0.5) is 0 Å². The number of halogens is 1. The monoisotopic (exact) mass is 1150 g/mol. The SMILES string of the molecule is CCN(CC)P(=NP(Br)(N=P(N(CC)CC)(N(CC)CC)N(CC)CC)(N=P(N(CC)CC)(N(CC)CC)N(CC)CC)N=P(N(CC)CC)(N(CC)CC)N(CC)CC)(N(CC)CC)N(CC)CC. The fourth-order valence-electron chi connectivity index (χ4n) is 11.0. The van der Waals surface area contributed by atoms with Gasteiger partial charge >= 0.3 is 449 Å². The van der Waals surface area contributed by atoms with Crippen LogP contribution in [0.5, 0.6) is 0 Å². The van der Waals surface area contributed by atoms with Crippen LogP contribution in [0, 0.1) is 0 Å². The van der Waals surface area contributed by atoms with Gasteiger partial charge in [-0.05, 0) is 0 Å². The van der Waals surface area contributed by atoms with Gasteiger partial charge in [-0.25, -0.2) is 0 Å². The summed E-state index contributed by atoms with van der Waals surface area (Å²) >= 11 is 5.21. The molecule has 16 nitrogen and oxygen atoms in total. The molecular formula is C48H120BrN16P5. The summed E-state index contributed by atoms with van der Waals surface area (Å²) in [6.45, 7) is 76.7. The van der Waals surface area contributed by atoms with Gasteiger partial charge in [0.2, 0.25) is 0 Å². The molecule has 0 amide bonds. The Morgan fingerprint density at radius 1 is 0.200 bits per heavy atom. The van der Waals surface area contributed by atoms with Crippen molar-refractivity contribution < 1.29 is 0 Å². The van der Waals surface area contributed by atoms with Crippen molar-refractivity contribution in [2.45, 2.75) is 166 Å². The van der Waals surface area contributed by atoms with Gasteiger partial charge in [0.15, 0.2) is 0 Å². The van der Waals surface area contributed by atoms with E-state index in [9.17, 15) is 0 Å². The van der Waals surface area contributed by atoms with E-state index < -0.39 is 35.9 Å². The van der Waals surface area contributed by atoms with Crippen molar-refractivity contribution in [3.8, 4) is 0 Å². The van der Waals surface area contributed by atoms with Crippen LogP contribution in [0.1, 0.15) is 166 Å². The first kappa shape index (κ1) is 71.3. The third kappa shape index (κ3) is 14.5. The second-order valence-electron chi connectivity index (χ2n) is 17.0. The summed E-state index contributed by atoms with van der Waals surface area (Å²) in [5, 5.41) is 0. The second kappa shape index (κ2) is 34.3. The van der Waals surface area contributed by atoms with Gasteiger partial charge in [0.1, 0.15) is 0 Å². The molecule has 70 heavy (non-hydrogen) atoms. The molecule has 0 aliphatic rings.